The minimum Gasteiger partial charge on any atom is -0.325 e. The molecular weight excluding hydrogens is 343 g/mol. The van der Waals surface area contributed by atoms with E-state index >= 15 is 0 Å². The Kier molecular flexibility index (Phi) is 5.27. The van der Waals surface area contributed by atoms with Crippen LogP contribution in [-0.2, 0) is 4.79 Å². The lowest BCUT2D eigenvalue weighted by Gasteiger charge is -2.39. The van der Waals surface area contributed by atoms with Crippen LogP contribution in [0.2, 0.25) is 0 Å². The molecule has 0 fully saturated rings. The molecule has 136 valence electrons. The molecule has 0 aliphatic rings. The number of amides is 1. The number of carbonyl (C=O) groups excluding carboxylic acids is 1. The number of hydrogen-bond acceptors (Lipinski definition) is 1. The number of carbonyl (C=O) groups is 1. The second kappa shape index (κ2) is 6.25. The van der Waals surface area contributed by atoms with Gasteiger partial charge in [0, 0.05) is 5.69 Å². The first-order valence-corrected chi connectivity index (χ1v) is 6.81. The summed E-state index contributed by atoms with van der Waals surface area (Å²) in [7, 11) is 0. The number of halogens is 7. The van der Waals surface area contributed by atoms with Gasteiger partial charge in [-0.25, -0.2) is 4.39 Å². The van der Waals surface area contributed by atoms with Gasteiger partial charge in [-0.1, -0.05) is 20.8 Å². The summed E-state index contributed by atoms with van der Waals surface area (Å²) in [4.78, 5) is 12.0. The molecule has 0 spiro atoms. The standard InChI is InChI=1S/C15H16F7NO/c1-12(2,3)8-13(14(17,18)19,15(20,21)22)11(24)23-10-6-4-9(16)5-7-10/h4-7H,8H2,1-3H3,(H,23,24). The van der Waals surface area contributed by atoms with Crippen LogP contribution >= 0.6 is 0 Å². The molecule has 9 heteroatoms. The molecule has 1 aromatic rings. The molecule has 1 N–H and O–H groups in total. The first kappa shape index (κ1) is 20.2. The Morgan fingerprint density at radius 3 is 1.67 bits per heavy atom. The lowest BCUT2D eigenvalue weighted by Crippen LogP contribution is -2.59. The minimum absolute atomic E-state index is 0.367. The number of benzene rings is 1. The van der Waals surface area contributed by atoms with Crippen LogP contribution in [0, 0.1) is 16.6 Å². The van der Waals surface area contributed by atoms with Gasteiger partial charge >= 0.3 is 12.4 Å². The van der Waals surface area contributed by atoms with Crippen LogP contribution in [0.5, 0.6) is 0 Å². The minimum atomic E-state index is -5.86. The summed E-state index contributed by atoms with van der Waals surface area (Å²) < 4.78 is 93.1. The Balaban J connectivity index is 3.39. The molecule has 24 heavy (non-hydrogen) atoms. The highest BCUT2D eigenvalue weighted by molar-refractivity contribution is 5.96. The summed E-state index contributed by atoms with van der Waals surface area (Å²) >= 11 is 0. The zero-order valence-electron chi connectivity index (χ0n) is 13.1. The summed E-state index contributed by atoms with van der Waals surface area (Å²) in [6, 6.07) is 3.37. The summed E-state index contributed by atoms with van der Waals surface area (Å²) in [5, 5.41) is 1.60. The van der Waals surface area contributed by atoms with Crippen LogP contribution in [0.3, 0.4) is 0 Å². The molecule has 1 rings (SSSR count). The molecule has 0 bridgehead atoms. The number of nitrogens with one attached hydrogen (secondary N) is 1. The van der Waals surface area contributed by atoms with Gasteiger partial charge in [0.05, 0.1) is 0 Å². The molecule has 0 unspecified atom stereocenters. The van der Waals surface area contributed by atoms with Gasteiger partial charge in [0.15, 0.2) is 0 Å². The van der Waals surface area contributed by atoms with Crippen molar-refractivity contribution in [3.63, 3.8) is 0 Å². The van der Waals surface area contributed by atoms with Crippen molar-refractivity contribution in [1.82, 2.24) is 0 Å². The topological polar surface area (TPSA) is 29.1 Å². The highest BCUT2D eigenvalue weighted by atomic mass is 19.4. The average Bonchev–Trinajstić information content (AvgIpc) is 2.34. The summed E-state index contributed by atoms with van der Waals surface area (Å²) in [5.41, 5.74) is -6.38. The maximum Gasteiger partial charge on any atom is 0.412 e. The fraction of sp³-hybridized carbons (Fsp3) is 0.533. The smallest absolute Gasteiger partial charge is 0.325 e. The molecule has 0 aromatic heterocycles. The second-order valence-corrected chi connectivity index (χ2v) is 6.60. The van der Waals surface area contributed by atoms with E-state index in [1.165, 1.54) is 20.8 Å². The number of alkyl halides is 6. The van der Waals surface area contributed by atoms with Crippen LogP contribution in [0.15, 0.2) is 24.3 Å². The lowest BCUT2D eigenvalue weighted by molar-refractivity contribution is -0.330. The Hall–Kier alpha value is -1.80. The first-order valence-electron chi connectivity index (χ1n) is 6.81. The number of rotatable bonds is 3. The summed E-state index contributed by atoms with van der Waals surface area (Å²) in [6.45, 7) is 3.51. The normalized spacial score (nSPS) is 13.8. The highest BCUT2D eigenvalue weighted by Gasteiger charge is 2.75. The molecule has 0 aliphatic carbocycles. The van der Waals surface area contributed by atoms with Crippen molar-refractivity contribution in [1.29, 1.82) is 0 Å². The van der Waals surface area contributed by atoms with E-state index in [1.54, 1.807) is 5.32 Å². The summed E-state index contributed by atoms with van der Waals surface area (Å²) in [5.74, 6) is -3.00. The van der Waals surface area contributed by atoms with Crippen molar-refractivity contribution in [2.45, 2.75) is 39.5 Å². The van der Waals surface area contributed by atoms with Crippen molar-refractivity contribution in [3.8, 4) is 0 Å². The van der Waals surface area contributed by atoms with Gasteiger partial charge in [-0.05, 0) is 36.1 Å². The zero-order valence-corrected chi connectivity index (χ0v) is 13.1. The monoisotopic (exact) mass is 359 g/mol. The van der Waals surface area contributed by atoms with Crippen molar-refractivity contribution < 1.29 is 35.5 Å². The van der Waals surface area contributed by atoms with Crippen molar-refractivity contribution in [2.75, 3.05) is 5.32 Å². The maximum atomic E-state index is 13.4. The zero-order chi connectivity index (χ0) is 19.0. The summed E-state index contributed by atoms with van der Waals surface area (Å²) in [6.07, 6.45) is -13.2. The second-order valence-electron chi connectivity index (χ2n) is 6.60. The maximum absolute atomic E-state index is 13.4. The van der Waals surface area contributed by atoms with Crippen LogP contribution in [0.4, 0.5) is 36.4 Å². The van der Waals surface area contributed by atoms with Crippen LogP contribution < -0.4 is 5.32 Å². The van der Waals surface area contributed by atoms with E-state index in [2.05, 4.69) is 0 Å². The largest absolute Gasteiger partial charge is 0.412 e. The Bertz CT molecular complexity index is 568. The molecule has 1 amide bonds. The lowest BCUT2D eigenvalue weighted by atomic mass is 9.71. The number of hydrogen-bond donors (Lipinski definition) is 1. The van der Waals surface area contributed by atoms with Gasteiger partial charge in [0.2, 0.25) is 11.3 Å². The molecule has 0 atom stereocenters. The van der Waals surface area contributed by atoms with Crippen LogP contribution in [-0.4, -0.2) is 18.3 Å². The van der Waals surface area contributed by atoms with E-state index in [4.69, 9.17) is 0 Å². The van der Waals surface area contributed by atoms with Gasteiger partial charge in [0.25, 0.3) is 0 Å². The van der Waals surface area contributed by atoms with Gasteiger partial charge in [0.1, 0.15) is 5.82 Å². The Morgan fingerprint density at radius 1 is 0.917 bits per heavy atom. The van der Waals surface area contributed by atoms with Crippen LogP contribution in [0.25, 0.3) is 0 Å². The van der Waals surface area contributed by atoms with Gasteiger partial charge < -0.3 is 5.32 Å². The fourth-order valence-electron chi connectivity index (χ4n) is 2.27. The fourth-order valence-corrected chi connectivity index (χ4v) is 2.27. The number of anilines is 1. The molecule has 1 aromatic carbocycles. The van der Waals surface area contributed by atoms with E-state index in [9.17, 15) is 35.5 Å². The third-order valence-corrected chi connectivity index (χ3v) is 3.25. The first-order chi connectivity index (χ1) is 10.6. The SMILES string of the molecule is CC(C)(C)CC(C(=O)Nc1ccc(F)cc1)(C(F)(F)F)C(F)(F)F. The quantitative estimate of drug-likeness (QED) is 0.728. The van der Waals surface area contributed by atoms with Crippen molar-refractivity contribution >= 4 is 11.6 Å². The van der Waals surface area contributed by atoms with Gasteiger partial charge in [-0.2, -0.15) is 26.3 Å². The van der Waals surface area contributed by atoms with E-state index in [-0.39, 0.29) is 5.69 Å². The van der Waals surface area contributed by atoms with Crippen molar-refractivity contribution in [2.24, 2.45) is 10.8 Å². The molecule has 0 heterocycles. The Morgan fingerprint density at radius 2 is 1.33 bits per heavy atom. The average molecular weight is 359 g/mol. The van der Waals surface area contributed by atoms with Gasteiger partial charge in [-0.15, -0.1) is 0 Å². The predicted molar refractivity (Wildman–Crippen MR) is 73.6 cm³/mol. The van der Waals surface area contributed by atoms with Crippen molar-refractivity contribution in [3.05, 3.63) is 30.1 Å². The Labute approximate surface area is 134 Å². The van der Waals surface area contributed by atoms with E-state index in [0.717, 1.165) is 24.3 Å². The van der Waals surface area contributed by atoms with E-state index in [1.807, 2.05) is 0 Å². The molecule has 0 radical (unpaired) electrons. The third-order valence-electron chi connectivity index (χ3n) is 3.25. The molecule has 2 nitrogen and oxygen atoms in total. The van der Waals surface area contributed by atoms with Crippen LogP contribution in [0.1, 0.15) is 27.2 Å². The molecule has 0 aliphatic heterocycles. The van der Waals surface area contributed by atoms with E-state index < -0.39 is 41.3 Å². The highest BCUT2D eigenvalue weighted by Crippen LogP contribution is 2.56. The van der Waals surface area contributed by atoms with E-state index in [0.29, 0.717) is 0 Å². The molecule has 0 saturated carbocycles. The van der Waals surface area contributed by atoms with Gasteiger partial charge in [-0.3, -0.25) is 4.79 Å². The predicted octanol–water partition coefficient (Wildman–Crippen LogP) is 5.31. The molecule has 0 saturated heterocycles. The molecular formula is C15H16F7NO. The third kappa shape index (κ3) is 4.18.